The molecule has 0 N–H and O–H groups in total. The number of anilines is 6. The lowest BCUT2D eigenvalue weighted by atomic mass is 9.35. The van der Waals surface area contributed by atoms with Crippen LogP contribution in [0.1, 0.15) is 167 Å². The summed E-state index contributed by atoms with van der Waals surface area (Å²) in [5.41, 5.74) is 25.8. The summed E-state index contributed by atoms with van der Waals surface area (Å²) < 4.78 is 7.62. The number of benzene rings is 6. The highest BCUT2D eigenvalue weighted by atomic mass is 16.3. The maximum atomic E-state index is 7.62. The van der Waals surface area contributed by atoms with Crippen molar-refractivity contribution in [2.75, 3.05) is 9.80 Å². The Morgan fingerprint density at radius 1 is 0.485 bits per heavy atom. The zero-order chi connectivity index (χ0) is 48.4. The van der Waals surface area contributed by atoms with Crippen molar-refractivity contribution in [2.45, 2.75) is 169 Å². The smallest absolute Gasteiger partial charge is 0.297 e. The van der Waals surface area contributed by atoms with Crippen molar-refractivity contribution in [3.63, 3.8) is 0 Å². The van der Waals surface area contributed by atoms with Gasteiger partial charge in [-0.25, -0.2) is 0 Å². The monoisotopic (exact) mass is 897 g/mol. The van der Waals surface area contributed by atoms with E-state index >= 15 is 0 Å². The Labute approximate surface area is 408 Å². The molecule has 3 heterocycles. The first kappa shape index (κ1) is 45.0. The van der Waals surface area contributed by atoms with Crippen LogP contribution in [0.25, 0.3) is 22.1 Å². The third-order valence-corrected chi connectivity index (χ3v) is 17.3. The summed E-state index contributed by atoms with van der Waals surface area (Å²) in [5.74, 6) is 0. The van der Waals surface area contributed by atoms with Gasteiger partial charge in [-0.3, -0.25) is 0 Å². The molecule has 0 saturated carbocycles. The van der Waals surface area contributed by atoms with Crippen LogP contribution >= 0.6 is 0 Å². The van der Waals surface area contributed by atoms with Crippen molar-refractivity contribution < 1.29 is 4.42 Å². The molecule has 3 nitrogen and oxygen atoms in total. The van der Waals surface area contributed by atoms with Gasteiger partial charge in [-0.1, -0.05) is 145 Å². The first-order valence-electron chi connectivity index (χ1n) is 25.6. The Morgan fingerprint density at radius 3 is 1.51 bits per heavy atom. The molecule has 2 aliphatic carbocycles. The van der Waals surface area contributed by atoms with Gasteiger partial charge in [-0.2, -0.15) is 0 Å². The van der Waals surface area contributed by atoms with Crippen LogP contribution in [0.15, 0.2) is 108 Å². The Balaban J connectivity index is 1.22. The van der Waals surface area contributed by atoms with Crippen LogP contribution in [-0.2, 0) is 32.5 Å². The molecule has 348 valence electrons. The second kappa shape index (κ2) is 14.5. The second-order valence-corrected chi connectivity index (χ2v) is 26.1. The Kier molecular flexibility index (Phi) is 9.62. The third kappa shape index (κ3) is 6.80. The number of rotatable bonds is 3. The minimum Gasteiger partial charge on any atom is -0.468 e. The molecule has 0 saturated heterocycles. The van der Waals surface area contributed by atoms with Crippen LogP contribution in [0.2, 0.25) is 0 Å². The van der Waals surface area contributed by atoms with E-state index in [1.54, 1.807) is 0 Å². The van der Waals surface area contributed by atoms with E-state index in [-0.39, 0.29) is 39.2 Å². The minimum absolute atomic E-state index is 0.0314. The molecule has 6 aromatic carbocycles. The maximum absolute atomic E-state index is 7.62. The predicted octanol–water partition coefficient (Wildman–Crippen LogP) is 16.1. The van der Waals surface area contributed by atoms with Gasteiger partial charge in [0.1, 0.15) is 5.58 Å². The molecular formula is C64H73BN2O. The van der Waals surface area contributed by atoms with E-state index in [4.69, 9.17) is 4.42 Å². The third-order valence-electron chi connectivity index (χ3n) is 17.3. The Hall–Kier alpha value is -5.48. The van der Waals surface area contributed by atoms with E-state index in [1.165, 1.54) is 100 Å². The SMILES string of the molecule is Cc1cc2c3c(c1)N(c1ccc(C(C)(C)C)cc1)c1c(oc4cc5c(cc14)C(C)(C)CCC5(C)C)B3c1cc3c(cc1N2c1ccc(-c2ccc(C(C)(C)C)cc2)cc1C)C(C)(C)CCC3(C)C. The van der Waals surface area contributed by atoms with Gasteiger partial charge in [-0.15, -0.1) is 0 Å². The normalized spacial score (nSPS) is 18.4. The van der Waals surface area contributed by atoms with E-state index in [9.17, 15) is 0 Å². The molecule has 0 atom stereocenters. The largest absolute Gasteiger partial charge is 0.468 e. The van der Waals surface area contributed by atoms with Gasteiger partial charge < -0.3 is 14.2 Å². The van der Waals surface area contributed by atoms with Crippen LogP contribution in [0, 0.1) is 13.8 Å². The summed E-state index contributed by atoms with van der Waals surface area (Å²) in [6.45, 7) is 37.9. The van der Waals surface area contributed by atoms with E-state index < -0.39 is 0 Å². The Morgan fingerprint density at radius 2 is 0.971 bits per heavy atom. The highest BCUT2D eigenvalue weighted by molar-refractivity contribution is 7.00. The Bertz CT molecular complexity index is 3220. The molecule has 2 aliphatic heterocycles. The molecule has 11 rings (SSSR count). The summed E-state index contributed by atoms with van der Waals surface area (Å²) in [4.78, 5) is 5.21. The fourth-order valence-corrected chi connectivity index (χ4v) is 12.6. The minimum atomic E-state index is -0.107. The van der Waals surface area contributed by atoms with Crippen molar-refractivity contribution in [3.8, 4) is 11.1 Å². The molecular weight excluding hydrogens is 824 g/mol. The number of furan rings is 1. The van der Waals surface area contributed by atoms with Crippen LogP contribution < -0.4 is 26.4 Å². The molecule has 4 aliphatic rings. The van der Waals surface area contributed by atoms with Gasteiger partial charge in [0.15, 0.2) is 0 Å². The standard InChI is InChI=1S/C64H73BN2O/c1-38-31-53-56-54(32-38)67(51-26-19-41(33-39(51)2)40-17-20-42(21-18-40)59(3,4)5)52-36-48-47(62(11,12)28-29-63(48,13)14)35-50(52)65(56)58-57(66(53)44-24-22-43(23-25-44)60(6,7)8)45-34-46-49(37-55(45)68-58)64(15,16)30-27-61(46,9)10/h17-26,31-37H,27-30H2,1-16H3. The van der Waals surface area contributed by atoms with E-state index in [2.05, 4.69) is 224 Å². The van der Waals surface area contributed by atoms with Crippen molar-refractivity contribution >= 4 is 68.4 Å². The zero-order valence-electron chi connectivity index (χ0n) is 44.0. The molecule has 0 radical (unpaired) electrons. The molecule has 0 amide bonds. The lowest BCUT2D eigenvalue weighted by Crippen LogP contribution is -2.61. The second-order valence-electron chi connectivity index (χ2n) is 26.1. The number of hydrogen-bond donors (Lipinski definition) is 0. The van der Waals surface area contributed by atoms with E-state index in [1.807, 2.05) is 0 Å². The van der Waals surface area contributed by atoms with Gasteiger partial charge in [0.25, 0.3) is 6.71 Å². The van der Waals surface area contributed by atoms with Crippen molar-refractivity contribution in [3.05, 3.63) is 148 Å². The lowest BCUT2D eigenvalue weighted by Gasteiger charge is -2.47. The fraction of sp³-hybridized carbons (Fsp3) is 0.406. The summed E-state index contributed by atoms with van der Waals surface area (Å²) in [5, 5.41) is 1.21. The van der Waals surface area contributed by atoms with E-state index in [0.717, 1.165) is 42.6 Å². The number of fused-ring (bicyclic) bond motifs is 8. The average Bonchev–Trinajstić information content (AvgIpc) is 3.64. The molecule has 0 unspecified atom stereocenters. The van der Waals surface area contributed by atoms with Crippen LogP contribution in [0.5, 0.6) is 0 Å². The highest BCUT2D eigenvalue weighted by Crippen LogP contribution is 2.54. The van der Waals surface area contributed by atoms with Gasteiger partial charge in [0.05, 0.1) is 11.3 Å². The van der Waals surface area contributed by atoms with Crippen molar-refractivity contribution in [1.29, 1.82) is 0 Å². The van der Waals surface area contributed by atoms with Crippen LogP contribution in [0.3, 0.4) is 0 Å². The maximum Gasteiger partial charge on any atom is 0.297 e. The van der Waals surface area contributed by atoms with Gasteiger partial charge in [0, 0.05) is 33.8 Å². The number of hydrogen-bond acceptors (Lipinski definition) is 3. The van der Waals surface area contributed by atoms with Gasteiger partial charge in [0.2, 0.25) is 0 Å². The van der Waals surface area contributed by atoms with Crippen LogP contribution in [0.4, 0.5) is 34.1 Å². The zero-order valence-corrected chi connectivity index (χ0v) is 44.0. The van der Waals surface area contributed by atoms with E-state index in [0.29, 0.717) is 0 Å². The molecule has 1 aromatic heterocycles. The number of nitrogens with zero attached hydrogens (tertiary/aromatic N) is 2. The fourth-order valence-electron chi connectivity index (χ4n) is 12.6. The summed E-state index contributed by atoms with van der Waals surface area (Å²) in [7, 11) is 0. The first-order chi connectivity index (χ1) is 31.7. The molecule has 68 heavy (non-hydrogen) atoms. The summed E-state index contributed by atoms with van der Waals surface area (Å²) >= 11 is 0. The predicted molar refractivity (Wildman–Crippen MR) is 293 cm³/mol. The van der Waals surface area contributed by atoms with Gasteiger partial charge in [-0.05, 0) is 193 Å². The van der Waals surface area contributed by atoms with Gasteiger partial charge >= 0.3 is 0 Å². The van der Waals surface area contributed by atoms with Crippen LogP contribution in [-0.4, -0.2) is 6.71 Å². The topological polar surface area (TPSA) is 19.6 Å². The summed E-state index contributed by atoms with van der Waals surface area (Å²) in [6.07, 6.45) is 4.63. The molecule has 4 heteroatoms. The molecule has 0 bridgehead atoms. The lowest BCUT2D eigenvalue weighted by molar-refractivity contribution is 0.332. The quantitative estimate of drug-likeness (QED) is 0.165. The summed E-state index contributed by atoms with van der Waals surface area (Å²) in [6, 6.07) is 40.9. The molecule has 0 spiro atoms. The average molecular weight is 897 g/mol. The molecule has 7 aromatic rings. The molecule has 0 fully saturated rings. The number of aryl methyl sites for hydroxylation is 2. The first-order valence-corrected chi connectivity index (χ1v) is 25.6. The van der Waals surface area contributed by atoms with Crippen molar-refractivity contribution in [1.82, 2.24) is 0 Å². The van der Waals surface area contributed by atoms with Crippen molar-refractivity contribution in [2.24, 2.45) is 0 Å². The highest BCUT2D eigenvalue weighted by Gasteiger charge is 2.50.